The van der Waals surface area contributed by atoms with Gasteiger partial charge < -0.3 is 19.9 Å². The number of hydrogen-bond donors (Lipinski definition) is 1. The molecule has 2 aromatic carbocycles. The predicted octanol–water partition coefficient (Wildman–Crippen LogP) is 4.52. The van der Waals surface area contributed by atoms with Gasteiger partial charge in [-0.15, -0.1) is 0 Å². The average Bonchev–Trinajstić information content (AvgIpc) is 3.11. The number of fused-ring (bicyclic) bond motifs is 3. The highest BCUT2D eigenvalue weighted by molar-refractivity contribution is 6.30. The van der Waals surface area contributed by atoms with E-state index >= 15 is 0 Å². The molecule has 0 amide bonds. The SMILES string of the molecule is CC1=C(C#N)C(c2cc3cc4c(cc3nc2Cl)OCO4)c2ccc(N)cc2O1. The van der Waals surface area contributed by atoms with Crippen LogP contribution in [-0.2, 0) is 0 Å². The van der Waals surface area contributed by atoms with E-state index in [2.05, 4.69) is 11.1 Å². The number of nitriles is 1. The van der Waals surface area contributed by atoms with Crippen molar-refractivity contribution in [2.75, 3.05) is 12.5 Å². The Labute approximate surface area is 165 Å². The van der Waals surface area contributed by atoms with Gasteiger partial charge in [0.15, 0.2) is 11.5 Å². The molecule has 2 aliphatic heterocycles. The lowest BCUT2D eigenvalue weighted by Gasteiger charge is -2.27. The van der Waals surface area contributed by atoms with Crippen LogP contribution in [0.2, 0.25) is 5.15 Å². The van der Waals surface area contributed by atoms with Gasteiger partial charge in [0.25, 0.3) is 0 Å². The van der Waals surface area contributed by atoms with Crippen LogP contribution in [0.25, 0.3) is 10.9 Å². The van der Waals surface area contributed by atoms with Gasteiger partial charge >= 0.3 is 0 Å². The van der Waals surface area contributed by atoms with Crippen molar-refractivity contribution in [1.82, 2.24) is 4.98 Å². The molecule has 0 saturated carbocycles. The first-order chi connectivity index (χ1) is 13.5. The number of pyridine rings is 1. The van der Waals surface area contributed by atoms with Crippen LogP contribution < -0.4 is 19.9 Å². The van der Waals surface area contributed by atoms with Crippen molar-refractivity contribution in [2.24, 2.45) is 0 Å². The van der Waals surface area contributed by atoms with Crippen LogP contribution in [0.1, 0.15) is 24.0 Å². The Morgan fingerprint density at radius 2 is 1.89 bits per heavy atom. The fourth-order valence-corrected chi connectivity index (χ4v) is 3.94. The normalized spacial score (nSPS) is 17.2. The fraction of sp³-hybridized carbons (Fsp3) is 0.143. The van der Waals surface area contributed by atoms with E-state index in [1.165, 1.54) is 0 Å². The minimum atomic E-state index is -0.399. The molecule has 0 aliphatic carbocycles. The van der Waals surface area contributed by atoms with Crippen molar-refractivity contribution in [3.63, 3.8) is 0 Å². The molecule has 6 nitrogen and oxygen atoms in total. The van der Waals surface area contributed by atoms with E-state index in [1.54, 1.807) is 25.1 Å². The summed E-state index contributed by atoms with van der Waals surface area (Å²) in [7, 11) is 0. The number of nitrogens with zero attached hydrogens (tertiary/aromatic N) is 2. The molecule has 1 aromatic heterocycles. The van der Waals surface area contributed by atoms with E-state index in [0.717, 1.165) is 16.5 Å². The van der Waals surface area contributed by atoms with Crippen LogP contribution in [0.15, 0.2) is 47.7 Å². The molecule has 7 heteroatoms. The van der Waals surface area contributed by atoms with Gasteiger partial charge in [-0.2, -0.15) is 5.26 Å². The predicted molar refractivity (Wildman–Crippen MR) is 105 cm³/mol. The molecular formula is C21H14ClN3O3. The summed E-state index contributed by atoms with van der Waals surface area (Å²) in [5.41, 5.74) is 9.22. The number of anilines is 1. The van der Waals surface area contributed by atoms with Crippen LogP contribution in [0.3, 0.4) is 0 Å². The number of ether oxygens (including phenoxy) is 3. The van der Waals surface area contributed by atoms with E-state index < -0.39 is 5.92 Å². The second kappa shape index (κ2) is 6.04. The molecule has 1 unspecified atom stereocenters. The maximum Gasteiger partial charge on any atom is 0.231 e. The highest BCUT2D eigenvalue weighted by Gasteiger charge is 2.32. The molecular weight excluding hydrogens is 378 g/mol. The lowest BCUT2D eigenvalue weighted by Crippen LogP contribution is -2.16. The monoisotopic (exact) mass is 391 g/mol. The third kappa shape index (κ3) is 2.44. The molecule has 0 bridgehead atoms. The molecule has 138 valence electrons. The van der Waals surface area contributed by atoms with Crippen LogP contribution in [0.4, 0.5) is 5.69 Å². The van der Waals surface area contributed by atoms with E-state index in [1.807, 2.05) is 18.2 Å². The summed E-state index contributed by atoms with van der Waals surface area (Å²) < 4.78 is 16.7. The van der Waals surface area contributed by atoms with E-state index in [9.17, 15) is 5.26 Å². The number of allylic oxidation sites excluding steroid dienone is 2. The minimum Gasteiger partial charge on any atom is -0.461 e. The van der Waals surface area contributed by atoms with Crippen molar-refractivity contribution in [3.8, 4) is 23.3 Å². The van der Waals surface area contributed by atoms with Gasteiger partial charge in [0.2, 0.25) is 6.79 Å². The second-order valence-corrected chi connectivity index (χ2v) is 7.04. The van der Waals surface area contributed by atoms with Crippen molar-refractivity contribution >= 4 is 28.2 Å². The zero-order valence-corrected chi connectivity index (χ0v) is 15.6. The summed E-state index contributed by atoms with van der Waals surface area (Å²) in [6, 6.07) is 13.3. The van der Waals surface area contributed by atoms with Crippen molar-refractivity contribution in [1.29, 1.82) is 5.26 Å². The number of benzene rings is 2. The Hall–Kier alpha value is -3.43. The van der Waals surface area contributed by atoms with Gasteiger partial charge in [0, 0.05) is 34.3 Å². The summed E-state index contributed by atoms with van der Waals surface area (Å²) in [6.07, 6.45) is 0. The summed E-state index contributed by atoms with van der Waals surface area (Å²) >= 11 is 6.57. The van der Waals surface area contributed by atoms with Gasteiger partial charge in [-0.25, -0.2) is 4.98 Å². The first-order valence-corrected chi connectivity index (χ1v) is 9.01. The molecule has 28 heavy (non-hydrogen) atoms. The quantitative estimate of drug-likeness (QED) is 0.484. The smallest absolute Gasteiger partial charge is 0.231 e. The maximum absolute atomic E-state index is 9.79. The Balaban J connectivity index is 1.75. The van der Waals surface area contributed by atoms with Gasteiger partial charge in [-0.3, -0.25) is 0 Å². The second-order valence-electron chi connectivity index (χ2n) is 6.68. The molecule has 5 rings (SSSR count). The maximum atomic E-state index is 9.79. The minimum absolute atomic E-state index is 0.182. The summed E-state index contributed by atoms with van der Waals surface area (Å²) in [5.74, 6) is 2.04. The third-order valence-corrected chi connectivity index (χ3v) is 5.30. The zero-order chi connectivity index (χ0) is 19.4. The lowest BCUT2D eigenvalue weighted by atomic mass is 9.83. The number of nitrogens with two attached hydrogens (primary N) is 1. The van der Waals surface area contributed by atoms with Crippen molar-refractivity contribution < 1.29 is 14.2 Å². The van der Waals surface area contributed by atoms with Gasteiger partial charge in [0.1, 0.15) is 16.7 Å². The average molecular weight is 392 g/mol. The van der Waals surface area contributed by atoms with E-state index in [-0.39, 0.29) is 6.79 Å². The van der Waals surface area contributed by atoms with Crippen molar-refractivity contribution in [3.05, 3.63) is 64.0 Å². The number of hydrogen-bond acceptors (Lipinski definition) is 6. The van der Waals surface area contributed by atoms with Gasteiger partial charge in [0.05, 0.1) is 23.1 Å². The van der Waals surface area contributed by atoms with E-state index in [4.69, 9.17) is 31.5 Å². The Morgan fingerprint density at radius 3 is 2.68 bits per heavy atom. The van der Waals surface area contributed by atoms with Crippen LogP contribution in [-0.4, -0.2) is 11.8 Å². The zero-order valence-electron chi connectivity index (χ0n) is 14.8. The standard InChI is InChI=1S/C21H14ClN3O3/c1-10-15(8-23)20(13-3-2-12(24)6-17(13)28-10)14-4-11-5-18-19(27-9-26-18)7-16(11)25-21(14)22/h2-7,20H,9,24H2,1H3. The number of rotatable bonds is 1. The molecule has 0 fully saturated rings. The number of nitrogen functional groups attached to an aromatic ring is 1. The Morgan fingerprint density at radius 1 is 1.11 bits per heavy atom. The highest BCUT2D eigenvalue weighted by atomic mass is 35.5. The van der Waals surface area contributed by atoms with Crippen LogP contribution in [0.5, 0.6) is 17.2 Å². The van der Waals surface area contributed by atoms with Gasteiger partial charge in [-0.05, 0) is 25.1 Å². The van der Waals surface area contributed by atoms with Crippen molar-refractivity contribution in [2.45, 2.75) is 12.8 Å². The fourth-order valence-electron chi connectivity index (χ4n) is 3.68. The molecule has 3 aromatic rings. The summed E-state index contributed by atoms with van der Waals surface area (Å²) in [6.45, 7) is 1.94. The highest BCUT2D eigenvalue weighted by Crippen LogP contribution is 2.46. The van der Waals surface area contributed by atoms with Gasteiger partial charge in [-0.1, -0.05) is 17.7 Å². The number of halogens is 1. The molecule has 2 N–H and O–H groups in total. The molecule has 1 atom stereocenters. The topological polar surface area (TPSA) is 90.4 Å². The molecule has 0 saturated heterocycles. The summed E-state index contributed by atoms with van der Waals surface area (Å²) in [4.78, 5) is 4.54. The molecule has 0 radical (unpaired) electrons. The largest absolute Gasteiger partial charge is 0.461 e. The summed E-state index contributed by atoms with van der Waals surface area (Å²) in [5, 5.41) is 11.0. The first kappa shape index (κ1) is 16.7. The molecule has 0 spiro atoms. The lowest BCUT2D eigenvalue weighted by molar-refractivity contribution is 0.174. The third-order valence-electron chi connectivity index (χ3n) is 5.00. The number of aromatic nitrogens is 1. The Kier molecular flexibility index (Phi) is 3.61. The molecule has 2 aliphatic rings. The van der Waals surface area contributed by atoms with Crippen LogP contribution in [0, 0.1) is 11.3 Å². The first-order valence-electron chi connectivity index (χ1n) is 8.63. The Bertz CT molecular complexity index is 1230. The van der Waals surface area contributed by atoms with E-state index in [0.29, 0.717) is 44.9 Å². The molecule has 3 heterocycles. The van der Waals surface area contributed by atoms with Crippen LogP contribution >= 0.6 is 11.6 Å².